The number of anilines is 1. The molecule has 2 fully saturated rings. The zero-order valence-electron chi connectivity index (χ0n) is 20.6. The molecule has 11 nitrogen and oxygen atoms in total. The summed E-state index contributed by atoms with van der Waals surface area (Å²) in [5.41, 5.74) is 2.50. The fourth-order valence-electron chi connectivity index (χ4n) is 4.52. The SMILES string of the molecule is CC(C)c1noc(C2CCN(c3ncnc(Oc4ccc(-c5csnn5)cc4)c3C3OCCO3)CC2)n1. The van der Waals surface area contributed by atoms with Crippen LogP contribution in [0.4, 0.5) is 5.82 Å². The van der Waals surface area contributed by atoms with E-state index in [-0.39, 0.29) is 11.8 Å². The smallest absolute Gasteiger partial charge is 0.232 e. The lowest BCUT2D eigenvalue weighted by Crippen LogP contribution is -2.34. The van der Waals surface area contributed by atoms with Crippen molar-refractivity contribution in [1.29, 1.82) is 0 Å². The Morgan fingerprint density at radius 3 is 2.51 bits per heavy atom. The molecule has 0 unspecified atom stereocenters. The van der Waals surface area contributed by atoms with Crippen molar-refractivity contribution in [2.75, 3.05) is 31.2 Å². The second-order valence-corrected chi connectivity index (χ2v) is 9.92. The van der Waals surface area contributed by atoms with E-state index in [0.717, 1.165) is 54.7 Å². The van der Waals surface area contributed by atoms with Crippen molar-refractivity contribution in [3.63, 3.8) is 0 Å². The molecule has 3 aromatic heterocycles. The summed E-state index contributed by atoms with van der Waals surface area (Å²) in [5, 5.41) is 10.2. The molecule has 0 N–H and O–H groups in total. The highest BCUT2D eigenvalue weighted by Crippen LogP contribution is 2.40. The van der Waals surface area contributed by atoms with Crippen LogP contribution in [0.1, 0.15) is 62.1 Å². The van der Waals surface area contributed by atoms with Crippen LogP contribution in [-0.4, -0.2) is 56.0 Å². The number of benzene rings is 1. The Balaban J connectivity index is 1.22. The maximum absolute atomic E-state index is 6.24. The molecule has 12 heteroatoms. The molecule has 0 amide bonds. The predicted molar refractivity (Wildman–Crippen MR) is 135 cm³/mol. The first kappa shape index (κ1) is 23.9. The number of piperidine rings is 1. The van der Waals surface area contributed by atoms with Gasteiger partial charge in [0.2, 0.25) is 11.8 Å². The quantitative estimate of drug-likeness (QED) is 0.336. The van der Waals surface area contributed by atoms with Gasteiger partial charge in [0, 0.05) is 35.9 Å². The first-order valence-electron chi connectivity index (χ1n) is 12.4. The summed E-state index contributed by atoms with van der Waals surface area (Å²) in [6.45, 7) is 6.69. The molecular formula is C25H27N7O4S. The Kier molecular flexibility index (Phi) is 6.77. The number of ether oxygens (including phenoxy) is 3. The summed E-state index contributed by atoms with van der Waals surface area (Å²) in [6.07, 6.45) is 2.68. The largest absolute Gasteiger partial charge is 0.438 e. The lowest BCUT2D eigenvalue weighted by Gasteiger charge is -2.33. The first-order chi connectivity index (χ1) is 18.2. The fourth-order valence-corrected chi connectivity index (χ4v) is 4.98. The van der Waals surface area contributed by atoms with Crippen LogP contribution >= 0.6 is 11.5 Å². The molecule has 0 bridgehead atoms. The van der Waals surface area contributed by atoms with E-state index >= 15 is 0 Å². The third-order valence-corrected chi connectivity index (χ3v) is 7.03. The first-order valence-corrected chi connectivity index (χ1v) is 13.2. The summed E-state index contributed by atoms with van der Waals surface area (Å²) < 4.78 is 27.5. The Labute approximate surface area is 218 Å². The summed E-state index contributed by atoms with van der Waals surface area (Å²) in [4.78, 5) is 15.9. The average Bonchev–Trinajstić information content (AvgIpc) is 3.72. The van der Waals surface area contributed by atoms with Gasteiger partial charge in [0.05, 0.1) is 13.2 Å². The maximum Gasteiger partial charge on any atom is 0.232 e. The normalized spacial score (nSPS) is 17.1. The Morgan fingerprint density at radius 2 is 1.84 bits per heavy atom. The van der Waals surface area contributed by atoms with Gasteiger partial charge < -0.3 is 23.6 Å². The number of aromatic nitrogens is 6. The number of rotatable bonds is 7. The van der Waals surface area contributed by atoms with Gasteiger partial charge in [-0.25, -0.2) is 9.97 Å². The predicted octanol–water partition coefficient (Wildman–Crippen LogP) is 4.72. The minimum Gasteiger partial charge on any atom is -0.438 e. The molecule has 0 spiro atoms. The number of nitrogens with zero attached hydrogens (tertiary/aromatic N) is 7. The number of hydrogen-bond donors (Lipinski definition) is 0. The van der Waals surface area contributed by atoms with Crippen molar-refractivity contribution in [3.8, 4) is 22.9 Å². The Hall–Kier alpha value is -3.48. The summed E-state index contributed by atoms with van der Waals surface area (Å²) in [5.74, 6) is 3.76. The van der Waals surface area contributed by atoms with Gasteiger partial charge in [0.25, 0.3) is 0 Å². The highest BCUT2D eigenvalue weighted by Gasteiger charge is 2.33. The molecule has 0 saturated carbocycles. The van der Waals surface area contributed by atoms with Crippen LogP contribution in [0.25, 0.3) is 11.3 Å². The molecule has 2 aliphatic rings. The third kappa shape index (κ3) is 5.04. The summed E-state index contributed by atoms with van der Waals surface area (Å²) in [6, 6.07) is 7.67. The third-order valence-electron chi connectivity index (χ3n) is 6.53. The van der Waals surface area contributed by atoms with Crippen molar-refractivity contribution in [2.45, 2.75) is 44.8 Å². The average molecular weight is 522 g/mol. The number of hydrogen-bond acceptors (Lipinski definition) is 12. The van der Waals surface area contributed by atoms with E-state index in [0.29, 0.717) is 30.4 Å². The molecule has 0 aliphatic carbocycles. The van der Waals surface area contributed by atoms with E-state index in [9.17, 15) is 0 Å². The fraction of sp³-hybridized carbons (Fsp3) is 0.440. The van der Waals surface area contributed by atoms with Gasteiger partial charge in [0.15, 0.2) is 12.1 Å². The maximum atomic E-state index is 6.24. The van der Waals surface area contributed by atoms with Crippen LogP contribution in [0, 0.1) is 0 Å². The standard InChI is InChI=1S/C25H27N7O4S/c1-15(2)21-28-23(36-30-21)17-7-9-32(10-8-17)22-20(25-33-11-12-34-25)24(27-14-26-22)35-18-5-3-16(4-6-18)19-13-37-31-29-19/h3-6,13-15,17,25H,7-12H2,1-2H3. The second kappa shape index (κ2) is 10.5. The van der Waals surface area contributed by atoms with Crippen molar-refractivity contribution in [3.05, 3.63) is 53.3 Å². The van der Waals surface area contributed by atoms with E-state index in [1.54, 1.807) is 0 Å². The minimum absolute atomic E-state index is 0.225. The van der Waals surface area contributed by atoms with E-state index in [1.165, 1.54) is 17.9 Å². The molecule has 2 saturated heterocycles. The molecule has 0 radical (unpaired) electrons. The lowest BCUT2D eigenvalue weighted by atomic mass is 9.96. The Bertz CT molecular complexity index is 1320. The van der Waals surface area contributed by atoms with Crippen molar-refractivity contribution < 1.29 is 18.7 Å². The zero-order valence-corrected chi connectivity index (χ0v) is 21.4. The Morgan fingerprint density at radius 1 is 1.05 bits per heavy atom. The van der Waals surface area contributed by atoms with Gasteiger partial charge in [-0.15, -0.1) is 5.10 Å². The van der Waals surface area contributed by atoms with Crippen LogP contribution in [0.2, 0.25) is 0 Å². The van der Waals surface area contributed by atoms with Crippen LogP contribution < -0.4 is 9.64 Å². The highest BCUT2D eigenvalue weighted by molar-refractivity contribution is 7.03. The van der Waals surface area contributed by atoms with Crippen molar-refractivity contribution in [1.82, 2.24) is 29.7 Å². The van der Waals surface area contributed by atoms with Crippen LogP contribution in [0.5, 0.6) is 11.6 Å². The lowest BCUT2D eigenvalue weighted by molar-refractivity contribution is -0.0454. The van der Waals surface area contributed by atoms with Crippen LogP contribution in [0.15, 0.2) is 40.5 Å². The summed E-state index contributed by atoms with van der Waals surface area (Å²) >= 11 is 1.32. The molecular weight excluding hydrogens is 494 g/mol. The molecule has 4 aromatic rings. The van der Waals surface area contributed by atoms with Gasteiger partial charge in [0.1, 0.15) is 29.2 Å². The monoisotopic (exact) mass is 521 g/mol. The molecule has 2 aliphatic heterocycles. The van der Waals surface area contributed by atoms with Gasteiger partial charge in [-0.05, 0) is 48.6 Å². The van der Waals surface area contributed by atoms with Crippen LogP contribution in [0.3, 0.4) is 0 Å². The van der Waals surface area contributed by atoms with Crippen LogP contribution in [-0.2, 0) is 9.47 Å². The van der Waals surface area contributed by atoms with E-state index in [2.05, 4.69) is 48.4 Å². The van der Waals surface area contributed by atoms with E-state index in [1.807, 2.05) is 29.6 Å². The zero-order chi connectivity index (χ0) is 25.2. The molecule has 1 aromatic carbocycles. The summed E-state index contributed by atoms with van der Waals surface area (Å²) in [7, 11) is 0. The molecule has 192 valence electrons. The van der Waals surface area contributed by atoms with Gasteiger partial charge in [-0.2, -0.15) is 4.98 Å². The van der Waals surface area contributed by atoms with Gasteiger partial charge >= 0.3 is 0 Å². The highest BCUT2D eigenvalue weighted by atomic mass is 32.1. The molecule has 37 heavy (non-hydrogen) atoms. The minimum atomic E-state index is -0.589. The van der Waals surface area contributed by atoms with E-state index in [4.69, 9.17) is 18.7 Å². The molecule has 5 heterocycles. The van der Waals surface area contributed by atoms with Gasteiger partial charge in [-0.3, -0.25) is 0 Å². The molecule has 6 rings (SSSR count). The van der Waals surface area contributed by atoms with E-state index < -0.39 is 6.29 Å². The van der Waals surface area contributed by atoms with Gasteiger partial charge in [-0.1, -0.05) is 23.5 Å². The topological polar surface area (TPSA) is 121 Å². The second-order valence-electron chi connectivity index (χ2n) is 9.31. The van der Waals surface area contributed by atoms with Crippen molar-refractivity contribution >= 4 is 17.4 Å². The molecule has 0 atom stereocenters. The van der Waals surface area contributed by atoms with Crippen molar-refractivity contribution in [2.24, 2.45) is 0 Å².